The number of aromatic nitrogens is 3. The van der Waals surface area contributed by atoms with Crippen molar-refractivity contribution in [3.63, 3.8) is 0 Å². The molecule has 3 N–H and O–H groups in total. The number of carbonyl (C=O) groups is 1. The van der Waals surface area contributed by atoms with Crippen LogP contribution < -0.4 is 20.1 Å². The minimum Gasteiger partial charge on any atom is -0.494 e. The highest BCUT2D eigenvalue weighted by Gasteiger charge is 2.20. The lowest BCUT2D eigenvalue weighted by molar-refractivity contribution is 0.0501. The number of halogens is 2. The number of benzene rings is 2. The molecule has 2 heterocycles. The molecule has 0 spiro atoms. The van der Waals surface area contributed by atoms with E-state index in [1.807, 2.05) is 0 Å². The molecule has 2 aromatic carbocycles. The van der Waals surface area contributed by atoms with Crippen LogP contribution in [0.1, 0.15) is 20.8 Å². The number of carbonyl (C=O) groups excluding carboxylic acids is 1. The quantitative estimate of drug-likeness (QED) is 0.199. The number of imidazole rings is 1. The molecule has 0 saturated carbocycles. The van der Waals surface area contributed by atoms with Crippen LogP contribution in [0.4, 0.5) is 25.1 Å². The molecule has 1 amide bonds. The maximum Gasteiger partial charge on any atom is 0.407 e. The molecule has 0 aliphatic heterocycles. The molecule has 0 radical (unpaired) electrons. The lowest BCUT2D eigenvalue weighted by atomic mass is 10.1. The Hall–Kier alpha value is -4.34. The number of anilines is 2. The number of nitrogens with zero attached hydrogens (tertiary/aromatic N) is 3. The molecule has 43 heavy (non-hydrogen) atoms. The first-order chi connectivity index (χ1) is 20.4. The summed E-state index contributed by atoms with van der Waals surface area (Å²) >= 11 is 0. The van der Waals surface area contributed by atoms with E-state index < -0.39 is 33.4 Å². The van der Waals surface area contributed by atoms with E-state index in [0.717, 1.165) is 0 Å². The number of methoxy groups -OCH3 is 1. The van der Waals surface area contributed by atoms with Crippen LogP contribution in [0.5, 0.6) is 5.75 Å². The summed E-state index contributed by atoms with van der Waals surface area (Å²) in [5, 5.41) is 5.62. The van der Waals surface area contributed by atoms with E-state index in [9.17, 15) is 22.0 Å². The molecule has 0 bridgehead atoms. The monoisotopic (exact) mass is 618 g/mol. The van der Waals surface area contributed by atoms with Crippen molar-refractivity contribution in [2.45, 2.75) is 31.3 Å². The number of amides is 1. The molecule has 230 valence electrons. The van der Waals surface area contributed by atoms with Gasteiger partial charge in [-0.1, -0.05) is 0 Å². The Kier molecular flexibility index (Phi) is 9.78. The van der Waals surface area contributed by atoms with Crippen LogP contribution in [0.2, 0.25) is 0 Å². The van der Waals surface area contributed by atoms with Crippen LogP contribution in [0.3, 0.4) is 0 Å². The lowest BCUT2D eigenvalue weighted by Gasteiger charge is -2.19. The third-order valence-corrected chi connectivity index (χ3v) is 7.33. The number of ether oxygens (including phenoxy) is 3. The normalized spacial score (nSPS) is 11.9. The zero-order chi connectivity index (χ0) is 31.2. The molecule has 2 aromatic heterocycles. The second-order valence-electron chi connectivity index (χ2n) is 10.1. The van der Waals surface area contributed by atoms with Crippen LogP contribution in [-0.2, 0) is 19.5 Å². The molecule has 12 nitrogen and oxygen atoms in total. The van der Waals surface area contributed by atoms with E-state index in [0.29, 0.717) is 22.8 Å². The summed E-state index contributed by atoms with van der Waals surface area (Å²) in [4.78, 5) is 20.2. The van der Waals surface area contributed by atoms with Gasteiger partial charge in [0.2, 0.25) is 15.8 Å². The minimum atomic E-state index is -3.81. The van der Waals surface area contributed by atoms with Gasteiger partial charge in [0, 0.05) is 36.7 Å². The van der Waals surface area contributed by atoms with Gasteiger partial charge in [0.05, 0.1) is 37.1 Å². The van der Waals surface area contributed by atoms with Gasteiger partial charge in [-0.3, -0.25) is 4.40 Å². The number of rotatable bonds is 12. The molecule has 0 aliphatic carbocycles. The number of alkyl carbamates (subject to hydrolysis) is 1. The zero-order valence-corrected chi connectivity index (χ0v) is 24.8. The molecular weight excluding hydrogens is 586 g/mol. The van der Waals surface area contributed by atoms with Gasteiger partial charge in [-0.05, 0) is 57.2 Å². The average molecular weight is 619 g/mol. The SMILES string of the molecule is COc1ccc(-c2cnc3c(Nc4ccc(S(=O)(=O)NCCOCCNC(=O)OC(C)(C)C)cc4)nccn23)c(F)c1F. The van der Waals surface area contributed by atoms with E-state index >= 15 is 0 Å². The Labute approximate surface area is 247 Å². The van der Waals surface area contributed by atoms with Gasteiger partial charge in [-0.25, -0.2) is 32.3 Å². The van der Waals surface area contributed by atoms with Crippen molar-refractivity contribution in [1.29, 1.82) is 0 Å². The largest absolute Gasteiger partial charge is 0.494 e. The maximum absolute atomic E-state index is 14.7. The number of fused-ring (bicyclic) bond motifs is 1. The van der Waals surface area contributed by atoms with Crippen LogP contribution in [0.15, 0.2) is 59.9 Å². The summed E-state index contributed by atoms with van der Waals surface area (Å²) in [6.07, 6.45) is 3.87. The molecule has 15 heteroatoms. The molecule has 0 aliphatic rings. The molecule has 4 aromatic rings. The third kappa shape index (κ3) is 7.94. The summed E-state index contributed by atoms with van der Waals surface area (Å²) in [5.74, 6) is -2.07. The van der Waals surface area contributed by atoms with Gasteiger partial charge >= 0.3 is 6.09 Å². The van der Waals surface area contributed by atoms with Crippen molar-refractivity contribution >= 4 is 33.3 Å². The molecular formula is C28H32F2N6O6S. The van der Waals surface area contributed by atoms with Crippen molar-refractivity contribution in [1.82, 2.24) is 24.4 Å². The molecule has 0 unspecified atom stereocenters. The van der Waals surface area contributed by atoms with Gasteiger partial charge < -0.3 is 24.8 Å². The van der Waals surface area contributed by atoms with Crippen molar-refractivity contribution in [2.75, 3.05) is 38.7 Å². The van der Waals surface area contributed by atoms with Gasteiger partial charge in [0.1, 0.15) is 5.60 Å². The second kappa shape index (κ2) is 13.3. The highest BCUT2D eigenvalue weighted by atomic mass is 32.2. The van der Waals surface area contributed by atoms with Crippen molar-refractivity contribution < 1.29 is 36.2 Å². The second-order valence-corrected chi connectivity index (χ2v) is 11.9. The predicted molar refractivity (Wildman–Crippen MR) is 155 cm³/mol. The van der Waals surface area contributed by atoms with Crippen molar-refractivity contribution in [3.05, 3.63) is 66.6 Å². The fourth-order valence-electron chi connectivity index (χ4n) is 3.92. The smallest absolute Gasteiger partial charge is 0.407 e. The average Bonchev–Trinajstić information content (AvgIpc) is 3.38. The lowest BCUT2D eigenvalue weighted by Crippen LogP contribution is -2.34. The molecule has 0 fully saturated rings. The fourth-order valence-corrected chi connectivity index (χ4v) is 4.93. The number of nitrogens with one attached hydrogen (secondary N) is 3. The molecule has 0 saturated heterocycles. The standard InChI is InChI=1S/C28H32F2N6O6S/c1-28(2,3)42-27(37)32-12-15-41-16-13-34-43(38,39)19-7-5-18(6-8-19)35-25-26-33-17-21(36(26)14-11-31-25)20-9-10-22(40-4)24(30)23(20)29/h5-11,14,17,34H,12-13,15-16H2,1-4H3,(H,31,35)(H,32,37). The van der Waals surface area contributed by atoms with E-state index in [4.69, 9.17) is 14.2 Å². The fraction of sp³-hybridized carbons (Fsp3) is 0.321. The van der Waals surface area contributed by atoms with E-state index in [1.165, 1.54) is 43.8 Å². The summed E-state index contributed by atoms with van der Waals surface area (Å²) in [5.41, 5.74) is 0.553. The van der Waals surface area contributed by atoms with Crippen molar-refractivity contribution in [3.8, 4) is 17.0 Å². The van der Waals surface area contributed by atoms with Gasteiger partial charge in [0.15, 0.2) is 23.0 Å². The Bertz CT molecular complexity index is 1690. The zero-order valence-electron chi connectivity index (χ0n) is 24.0. The Balaban J connectivity index is 1.33. The third-order valence-electron chi connectivity index (χ3n) is 5.85. The number of hydrogen-bond donors (Lipinski definition) is 3. The van der Waals surface area contributed by atoms with Crippen LogP contribution in [-0.4, -0.2) is 67.9 Å². The predicted octanol–water partition coefficient (Wildman–Crippen LogP) is 4.25. The highest BCUT2D eigenvalue weighted by molar-refractivity contribution is 7.89. The topological polar surface area (TPSA) is 145 Å². The number of sulfonamides is 1. The summed E-state index contributed by atoms with van der Waals surface area (Å²) in [6, 6.07) is 8.68. The summed E-state index contributed by atoms with van der Waals surface area (Å²) < 4.78 is 73.7. The Morgan fingerprint density at radius 2 is 1.72 bits per heavy atom. The van der Waals surface area contributed by atoms with E-state index in [2.05, 4.69) is 25.3 Å². The first-order valence-corrected chi connectivity index (χ1v) is 14.6. The van der Waals surface area contributed by atoms with Gasteiger partial charge in [-0.15, -0.1) is 0 Å². The maximum atomic E-state index is 14.7. The summed E-state index contributed by atoms with van der Waals surface area (Å²) in [7, 11) is -2.55. The van der Waals surface area contributed by atoms with E-state index in [-0.39, 0.29) is 42.5 Å². The minimum absolute atomic E-state index is 0.00660. The first kappa shape index (κ1) is 31.6. The molecule has 4 rings (SSSR count). The van der Waals surface area contributed by atoms with E-state index in [1.54, 1.807) is 43.5 Å². The van der Waals surface area contributed by atoms with Crippen LogP contribution in [0, 0.1) is 11.6 Å². The van der Waals surface area contributed by atoms with Crippen LogP contribution >= 0.6 is 0 Å². The first-order valence-electron chi connectivity index (χ1n) is 13.2. The Morgan fingerprint density at radius 1 is 1.00 bits per heavy atom. The number of hydrogen-bond acceptors (Lipinski definition) is 9. The van der Waals surface area contributed by atoms with Gasteiger partial charge in [0.25, 0.3) is 0 Å². The van der Waals surface area contributed by atoms with Crippen LogP contribution in [0.25, 0.3) is 16.9 Å². The van der Waals surface area contributed by atoms with Gasteiger partial charge in [-0.2, -0.15) is 4.39 Å². The molecule has 0 atom stereocenters. The Morgan fingerprint density at radius 3 is 2.42 bits per heavy atom. The highest BCUT2D eigenvalue weighted by Crippen LogP contribution is 2.31. The van der Waals surface area contributed by atoms with Crippen molar-refractivity contribution in [2.24, 2.45) is 0 Å². The summed E-state index contributed by atoms with van der Waals surface area (Å²) in [6.45, 7) is 5.81.